The summed E-state index contributed by atoms with van der Waals surface area (Å²) in [5, 5.41) is 3.69. The molecule has 0 bridgehead atoms. The molecular formula is C15H10F2N2O. The van der Waals surface area contributed by atoms with Crippen LogP contribution in [0.5, 0.6) is 0 Å². The maximum Gasteiger partial charge on any atom is 0.176 e. The summed E-state index contributed by atoms with van der Waals surface area (Å²) in [5.41, 5.74) is 7.17. The van der Waals surface area contributed by atoms with E-state index in [1.165, 1.54) is 12.1 Å². The first-order valence-corrected chi connectivity index (χ1v) is 5.92. The Hall–Kier alpha value is -2.69. The number of anilines is 1. The molecular weight excluding hydrogens is 262 g/mol. The molecule has 0 aliphatic heterocycles. The van der Waals surface area contributed by atoms with Crippen LogP contribution in [0.1, 0.15) is 0 Å². The van der Waals surface area contributed by atoms with Crippen LogP contribution in [0, 0.1) is 11.6 Å². The van der Waals surface area contributed by atoms with Crippen molar-refractivity contribution in [3.8, 4) is 22.5 Å². The minimum Gasteiger partial charge on any atom is -0.380 e. The summed E-state index contributed by atoms with van der Waals surface area (Å²) < 4.78 is 31.9. The molecule has 5 heteroatoms. The molecule has 3 aromatic rings. The van der Waals surface area contributed by atoms with Gasteiger partial charge in [0.15, 0.2) is 11.6 Å². The summed E-state index contributed by atoms with van der Waals surface area (Å²) in [5.74, 6) is -0.888. The van der Waals surface area contributed by atoms with Gasteiger partial charge < -0.3 is 10.3 Å². The van der Waals surface area contributed by atoms with Crippen molar-refractivity contribution >= 4 is 5.82 Å². The van der Waals surface area contributed by atoms with E-state index in [9.17, 15) is 8.78 Å². The van der Waals surface area contributed by atoms with Gasteiger partial charge in [-0.3, -0.25) is 0 Å². The van der Waals surface area contributed by atoms with Gasteiger partial charge in [0.1, 0.15) is 11.6 Å². The van der Waals surface area contributed by atoms with Crippen LogP contribution in [0.4, 0.5) is 14.6 Å². The molecule has 0 aliphatic carbocycles. The Balaban J connectivity index is 2.22. The van der Waals surface area contributed by atoms with Gasteiger partial charge in [-0.1, -0.05) is 35.5 Å². The molecule has 2 N–H and O–H groups in total. The second-order valence-electron chi connectivity index (χ2n) is 4.30. The number of nitrogens with two attached hydrogens (primary N) is 1. The Labute approximate surface area is 113 Å². The van der Waals surface area contributed by atoms with E-state index in [0.717, 1.165) is 11.6 Å². The highest BCUT2D eigenvalue weighted by Gasteiger charge is 2.18. The summed E-state index contributed by atoms with van der Waals surface area (Å²) in [6.07, 6.45) is 0. The minimum atomic E-state index is -0.681. The van der Waals surface area contributed by atoms with Crippen molar-refractivity contribution in [2.75, 3.05) is 5.73 Å². The monoisotopic (exact) mass is 272 g/mol. The molecule has 0 saturated heterocycles. The van der Waals surface area contributed by atoms with Crippen molar-refractivity contribution in [2.45, 2.75) is 0 Å². The lowest BCUT2D eigenvalue weighted by Gasteiger charge is -2.03. The maximum atomic E-state index is 13.4. The Morgan fingerprint density at radius 3 is 2.20 bits per heavy atom. The fourth-order valence-corrected chi connectivity index (χ4v) is 2.07. The molecule has 0 radical (unpaired) electrons. The number of rotatable bonds is 2. The van der Waals surface area contributed by atoms with Crippen LogP contribution in [0.25, 0.3) is 22.5 Å². The van der Waals surface area contributed by atoms with Gasteiger partial charge in [0.05, 0.1) is 5.56 Å². The summed E-state index contributed by atoms with van der Waals surface area (Å²) in [6.45, 7) is 0. The van der Waals surface area contributed by atoms with Crippen LogP contribution in [0.3, 0.4) is 0 Å². The minimum absolute atomic E-state index is 0.0915. The second kappa shape index (κ2) is 4.77. The highest BCUT2D eigenvalue weighted by atomic mass is 19.1. The van der Waals surface area contributed by atoms with Gasteiger partial charge in [0.25, 0.3) is 0 Å². The van der Waals surface area contributed by atoms with Gasteiger partial charge in [0.2, 0.25) is 0 Å². The molecule has 20 heavy (non-hydrogen) atoms. The summed E-state index contributed by atoms with van der Waals surface area (Å²) in [7, 11) is 0. The smallest absolute Gasteiger partial charge is 0.176 e. The predicted octanol–water partition coefficient (Wildman–Crippen LogP) is 3.87. The molecule has 1 aromatic heterocycles. The van der Waals surface area contributed by atoms with Crippen LogP contribution in [0.2, 0.25) is 0 Å². The summed E-state index contributed by atoms with van der Waals surface area (Å²) in [4.78, 5) is 0. The number of aromatic nitrogens is 1. The van der Waals surface area contributed by atoms with Crippen LogP contribution >= 0.6 is 0 Å². The quantitative estimate of drug-likeness (QED) is 0.770. The largest absolute Gasteiger partial charge is 0.380 e. The van der Waals surface area contributed by atoms with Crippen molar-refractivity contribution in [3.63, 3.8) is 0 Å². The molecule has 0 saturated carbocycles. The zero-order valence-corrected chi connectivity index (χ0v) is 10.3. The number of nitrogen functional groups attached to an aromatic ring is 1. The molecule has 0 aliphatic rings. The van der Waals surface area contributed by atoms with Crippen LogP contribution < -0.4 is 5.73 Å². The summed E-state index contributed by atoms with van der Waals surface area (Å²) >= 11 is 0. The molecule has 0 spiro atoms. The third-order valence-electron chi connectivity index (χ3n) is 2.91. The third-order valence-corrected chi connectivity index (χ3v) is 2.91. The van der Waals surface area contributed by atoms with Crippen molar-refractivity contribution in [1.82, 2.24) is 5.16 Å². The predicted molar refractivity (Wildman–Crippen MR) is 71.7 cm³/mol. The molecule has 3 rings (SSSR count). The van der Waals surface area contributed by atoms with E-state index in [0.29, 0.717) is 16.9 Å². The molecule has 100 valence electrons. The fourth-order valence-electron chi connectivity index (χ4n) is 2.07. The Morgan fingerprint density at radius 1 is 0.900 bits per heavy atom. The molecule has 3 nitrogen and oxygen atoms in total. The van der Waals surface area contributed by atoms with E-state index >= 15 is 0 Å². The molecule has 0 unspecified atom stereocenters. The average Bonchev–Trinajstić information content (AvgIpc) is 2.80. The van der Waals surface area contributed by atoms with Crippen molar-refractivity contribution in [3.05, 3.63) is 60.2 Å². The summed E-state index contributed by atoms with van der Waals surface area (Å²) in [6, 6.07) is 12.3. The number of benzene rings is 2. The van der Waals surface area contributed by atoms with Crippen molar-refractivity contribution in [1.29, 1.82) is 0 Å². The lowest BCUT2D eigenvalue weighted by atomic mass is 10.0. The van der Waals surface area contributed by atoms with E-state index in [1.54, 1.807) is 12.1 Å². The van der Waals surface area contributed by atoms with Crippen molar-refractivity contribution < 1.29 is 13.3 Å². The van der Waals surface area contributed by atoms with E-state index < -0.39 is 11.6 Å². The molecule has 0 amide bonds. The Morgan fingerprint density at radius 2 is 1.55 bits per heavy atom. The molecule has 0 fully saturated rings. The lowest BCUT2D eigenvalue weighted by molar-refractivity contribution is 0.436. The number of hydrogen-bond donors (Lipinski definition) is 1. The highest BCUT2D eigenvalue weighted by Crippen LogP contribution is 2.36. The molecule has 0 atom stereocenters. The molecule has 2 aromatic carbocycles. The first-order chi connectivity index (χ1) is 9.65. The first-order valence-electron chi connectivity index (χ1n) is 5.92. The normalized spacial score (nSPS) is 10.7. The Bertz CT molecular complexity index is 734. The van der Waals surface area contributed by atoms with Gasteiger partial charge in [-0.2, -0.15) is 0 Å². The van der Waals surface area contributed by atoms with E-state index in [1.807, 2.05) is 18.2 Å². The topological polar surface area (TPSA) is 52.0 Å². The molecule has 1 heterocycles. The SMILES string of the molecule is Nc1noc(-c2ccccc2)c1-c1cc(F)cc(F)c1. The average molecular weight is 272 g/mol. The number of hydrogen-bond acceptors (Lipinski definition) is 3. The van der Waals surface area contributed by atoms with Crippen molar-refractivity contribution in [2.24, 2.45) is 0 Å². The lowest BCUT2D eigenvalue weighted by Crippen LogP contribution is -1.91. The third kappa shape index (κ3) is 2.14. The van der Waals surface area contributed by atoms with Gasteiger partial charge in [-0.25, -0.2) is 8.78 Å². The van der Waals surface area contributed by atoms with E-state index in [2.05, 4.69) is 5.16 Å². The maximum absolute atomic E-state index is 13.4. The van der Waals surface area contributed by atoms with Crippen LogP contribution in [0.15, 0.2) is 53.1 Å². The number of nitrogens with zero attached hydrogens (tertiary/aromatic N) is 1. The zero-order valence-electron chi connectivity index (χ0n) is 10.3. The standard InChI is InChI=1S/C15H10F2N2O/c16-11-6-10(7-12(17)8-11)13-14(20-19-15(13)18)9-4-2-1-3-5-9/h1-8H,(H2,18,19). The fraction of sp³-hybridized carbons (Fsp3) is 0. The van der Waals surface area contributed by atoms with Crippen LogP contribution in [-0.4, -0.2) is 5.16 Å². The zero-order chi connectivity index (χ0) is 14.1. The highest BCUT2D eigenvalue weighted by molar-refractivity contribution is 5.86. The van der Waals surface area contributed by atoms with Gasteiger partial charge in [-0.05, 0) is 17.7 Å². The van der Waals surface area contributed by atoms with Gasteiger partial charge in [0, 0.05) is 11.6 Å². The van der Waals surface area contributed by atoms with E-state index in [4.69, 9.17) is 10.3 Å². The van der Waals surface area contributed by atoms with Gasteiger partial charge >= 0.3 is 0 Å². The van der Waals surface area contributed by atoms with Crippen LogP contribution in [-0.2, 0) is 0 Å². The first kappa shape index (κ1) is 12.3. The van der Waals surface area contributed by atoms with Gasteiger partial charge in [-0.15, -0.1) is 0 Å². The Kier molecular flexibility index (Phi) is 2.95. The second-order valence-corrected chi connectivity index (χ2v) is 4.30. The van der Waals surface area contributed by atoms with E-state index in [-0.39, 0.29) is 5.82 Å². The number of halogens is 2.